The smallest absolute Gasteiger partial charge is 0.243 e. The molecule has 0 unspecified atom stereocenters. The Labute approximate surface area is 153 Å². The van der Waals surface area contributed by atoms with Crippen LogP contribution in [-0.4, -0.2) is 22.1 Å². The van der Waals surface area contributed by atoms with Crippen molar-refractivity contribution >= 4 is 16.9 Å². The zero-order valence-electron chi connectivity index (χ0n) is 14.9. The number of carbonyl (C=O) groups excluding carboxylic acids is 1. The normalized spacial score (nSPS) is 10.7. The number of aryl methyl sites for hydroxylation is 2. The molecule has 1 heterocycles. The molecule has 5 nitrogen and oxygen atoms in total. The van der Waals surface area contributed by atoms with Crippen LogP contribution in [0.25, 0.3) is 11.0 Å². The summed E-state index contributed by atoms with van der Waals surface area (Å²) in [5.41, 5.74) is 3.17. The monoisotopic (exact) mass is 349 g/mol. The van der Waals surface area contributed by atoms with Crippen molar-refractivity contribution in [3.05, 3.63) is 72.6 Å². The Morgan fingerprint density at radius 1 is 1.27 bits per heavy atom. The van der Waals surface area contributed by atoms with Gasteiger partial charge in [0.15, 0.2) is 0 Å². The molecule has 26 heavy (non-hydrogen) atoms. The number of hydrogen-bond donors (Lipinski definition) is 1. The maximum Gasteiger partial charge on any atom is 0.243 e. The number of nitrogens with zero attached hydrogens (tertiary/aromatic N) is 2. The maximum atomic E-state index is 11.5. The minimum Gasteiger partial charge on any atom is -0.494 e. The van der Waals surface area contributed by atoms with Gasteiger partial charge in [0.25, 0.3) is 0 Å². The summed E-state index contributed by atoms with van der Waals surface area (Å²) in [5, 5.41) is 2.80. The van der Waals surface area contributed by atoms with E-state index in [-0.39, 0.29) is 5.91 Å². The average molecular weight is 349 g/mol. The third-order valence-electron chi connectivity index (χ3n) is 4.12. The lowest BCUT2D eigenvalue weighted by molar-refractivity contribution is -0.116. The van der Waals surface area contributed by atoms with E-state index in [1.54, 1.807) is 0 Å². The molecule has 0 aliphatic carbocycles. The van der Waals surface area contributed by atoms with Crippen LogP contribution in [0.2, 0.25) is 0 Å². The molecule has 2 aromatic carbocycles. The predicted molar refractivity (Wildman–Crippen MR) is 103 cm³/mol. The summed E-state index contributed by atoms with van der Waals surface area (Å²) in [6, 6.07) is 16.0. The minimum atomic E-state index is -0.202. The Morgan fingerprint density at radius 2 is 2.12 bits per heavy atom. The molecule has 0 spiro atoms. The van der Waals surface area contributed by atoms with E-state index in [1.165, 1.54) is 11.6 Å². The fraction of sp³-hybridized carbons (Fsp3) is 0.238. The van der Waals surface area contributed by atoms with Gasteiger partial charge in [-0.3, -0.25) is 4.79 Å². The third-order valence-corrected chi connectivity index (χ3v) is 4.12. The number of rotatable bonds is 8. The van der Waals surface area contributed by atoms with E-state index in [1.807, 2.05) is 55.5 Å². The van der Waals surface area contributed by atoms with Crippen LogP contribution >= 0.6 is 0 Å². The minimum absolute atomic E-state index is 0.202. The molecule has 0 aliphatic rings. The Bertz CT molecular complexity index is 915. The van der Waals surface area contributed by atoms with Crippen LogP contribution in [0, 0.1) is 6.92 Å². The Hall–Kier alpha value is -3.08. The van der Waals surface area contributed by atoms with Crippen molar-refractivity contribution in [1.29, 1.82) is 0 Å². The molecular weight excluding hydrogens is 326 g/mol. The van der Waals surface area contributed by atoms with Gasteiger partial charge in [-0.25, -0.2) is 4.98 Å². The largest absolute Gasteiger partial charge is 0.494 e. The van der Waals surface area contributed by atoms with Gasteiger partial charge in [-0.05, 0) is 49.2 Å². The summed E-state index contributed by atoms with van der Waals surface area (Å²) in [7, 11) is 0. The number of para-hydroxylation sites is 2. The number of imidazole rings is 1. The molecule has 0 fully saturated rings. The number of aromatic nitrogens is 2. The van der Waals surface area contributed by atoms with Gasteiger partial charge in [0, 0.05) is 6.54 Å². The predicted octanol–water partition coefficient (Wildman–Crippen LogP) is 3.62. The summed E-state index contributed by atoms with van der Waals surface area (Å²) < 4.78 is 7.97. The Balaban J connectivity index is 1.67. The van der Waals surface area contributed by atoms with Gasteiger partial charge in [-0.1, -0.05) is 30.8 Å². The van der Waals surface area contributed by atoms with Crippen LogP contribution in [0.4, 0.5) is 0 Å². The van der Waals surface area contributed by atoms with Gasteiger partial charge in [0.2, 0.25) is 5.91 Å². The SMILES string of the molecule is C=CC(=O)NCc1nc2ccccc2n1CCCOc1cccc(C)c1. The number of nitrogens with one attached hydrogen (secondary N) is 1. The second-order valence-corrected chi connectivity index (χ2v) is 6.11. The van der Waals surface area contributed by atoms with Crippen molar-refractivity contribution in [1.82, 2.24) is 14.9 Å². The van der Waals surface area contributed by atoms with Gasteiger partial charge in [0.1, 0.15) is 11.6 Å². The fourth-order valence-corrected chi connectivity index (χ4v) is 2.87. The number of amides is 1. The van der Waals surface area contributed by atoms with Gasteiger partial charge >= 0.3 is 0 Å². The number of benzene rings is 2. The first-order valence-corrected chi connectivity index (χ1v) is 8.71. The molecule has 0 saturated carbocycles. The highest BCUT2D eigenvalue weighted by atomic mass is 16.5. The lowest BCUT2D eigenvalue weighted by atomic mass is 10.2. The molecule has 1 amide bonds. The lowest BCUT2D eigenvalue weighted by Gasteiger charge is -2.11. The van der Waals surface area contributed by atoms with E-state index in [2.05, 4.69) is 21.4 Å². The molecule has 0 bridgehead atoms. The highest BCUT2D eigenvalue weighted by molar-refractivity contribution is 5.86. The molecule has 1 N–H and O–H groups in total. The zero-order valence-corrected chi connectivity index (χ0v) is 14.9. The Morgan fingerprint density at radius 3 is 2.92 bits per heavy atom. The van der Waals surface area contributed by atoms with Crippen molar-refractivity contribution in [3.8, 4) is 5.75 Å². The van der Waals surface area contributed by atoms with Gasteiger partial charge < -0.3 is 14.6 Å². The van der Waals surface area contributed by atoms with Crippen molar-refractivity contribution in [3.63, 3.8) is 0 Å². The van der Waals surface area contributed by atoms with Crippen LogP contribution in [0.1, 0.15) is 17.8 Å². The van der Waals surface area contributed by atoms with Crippen LogP contribution in [-0.2, 0) is 17.9 Å². The van der Waals surface area contributed by atoms with Gasteiger partial charge in [0.05, 0.1) is 24.2 Å². The molecule has 0 saturated heterocycles. The lowest BCUT2D eigenvalue weighted by Crippen LogP contribution is -2.22. The van der Waals surface area contributed by atoms with Crippen molar-refractivity contribution in [2.45, 2.75) is 26.4 Å². The molecule has 3 rings (SSSR count). The van der Waals surface area contributed by atoms with Gasteiger partial charge in [-0.15, -0.1) is 0 Å². The standard InChI is InChI=1S/C21H23N3O2/c1-3-21(25)22-15-20-23-18-10-4-5-11-19(18)24(20)12-7-13-26-17-9-6-8-16(2)14-17/h3-6,8-11,14H,1,7,12-13,15H2,2H3,(H,22,25). The quantitative estimate of drug-likeness (QED) is 0.499. The highest BCUT2D eigenvalue weighted by Gasteiger charge is 2.10. The molecule has 0 aliphatic heterocycles. The van der Waals surface area contributed by atoms with Crippen LogP contribution in [0.5, 0.6) is 5.75 Å². The van der Waals surface area contributed by atoms with Crippen molar-refractivity contribution < 1.29 is 9.53 Å². The van der Waals surface area contributed by atoms with Crippen LogP contribution < -0.4 is 10.1 Å². The topological polar surface area (TPSA) is 56.2 Å². The second kappa shape index (κ2) is 8.34. The molecule has 1 aromatic heterocycles. The average Bonchev–Trinajstić information content (AvgIpc) is 3.01. The highest BCUT2D eigenvalue weighted by Crippen LogP contribution is 2.17. The number of ether oxygens (including phenoxy) is 1. The molecule has 0 radical (unpaired) electrons. The first-order valence-electron chi connectivity index (χ1n) is 8.71. The van der Waals surface area contributed by atoms with E-state index < -0.39 is 0 Å². The first kappa shape index (κ1) is 17.7. The second-order valence-electron chi connectivity index (χ2n) is 6.11. The van der Waals surface area contributed by atoms with Gasteiger partial charge in [-0.2, -0.15) is 0 Å². The van der Waals surface area contributed by atoms with Crippen molar-refractivity contribution in [2.75, 3.05) is 6.61 Å². The number of carbonyl (C=O) groups is 1. The van der Waals surface area contributed by atoms with E-state index in [4.69, 9.17) is 4.74 Å². The first-order chi connectivity index (χ1) is 12.7. The molecule has 0 atom stereocenters. The summed E-state index contributed by atoms with van der Waals surface area (Å²) in [6.07, 6.45) is 2.11. The van der Waals surface area contributed by atoms with E-state index in [0.717, 1.165) is 35.6 Å². The summed E-state index contributed by atoms with van der Waals surface area (Å²) in [5.74, 6) is 1.52. The molecular formula is C21H23N3O2. The summed E-state index contributed by atoms with van der Waals surface area (Å²) in [4.78, 5) is 16.1. The van der Waals surface area contributed by atoms with Crippen LogP contribution in [0.3, 0.4) is 0 Å². The fourth-order valence-electron chi connectivity index (χ4n) is 2.87. The van der Waals surface area contributed by atoms with E-state index in [9.17, 15) is 4.79 Å². The number of fused-ring (bicyclic) bond motifs is 1. The molecule has 5 heteroatoms. The maximum absolute atomic E-state index is 11.5. The van der Waals surface area contributed by atoms with Crippen LogP contribution in [0.15, 0.2) is 61.2 Å². The van der Waals surface area contributed by atoms with E-state index >= 15 is 0 Å². The Kier molecular flexibility index (Phi) is 5.69. The zero-order chi connectivity index (χ0) is 18.4. The van der Waals surface area contributed by atoms with Crippen molar-refractivity contribution in [2.24, 2.45) is 0 Å². The molecule has 3 aromatic rings. The molecule has 134 valence electrons. The van der Waals surface area contributed by atoms with E-state index in [0.29, 0.717) is 13.2 Å². The summed E-state index contributed by atoms with van der Waals surface area (Å²) >= 11 is 0. The third kappa shape index (κ3) is 4.30. The summed E-state index contributed by atoms with van der Waals surface area (Å²) in [6.45, 7) is 7.29. The number of hydrogen-bond acceptors (Lipinski definition) is 3.